The summed E-state index contributed by atoms with van der Waals surface area (Å²) < 4.78 is 21.7. The summed E-state index contributed by atoms with van der Waals surface area (Å²) in [4.78, 5) is 59.5. The molecule has 62 heavy (non-hydrogen) atoms. The number of ketones is 1. The number of amides is 5. The highest BCUT2D eigenvalue weighted by atomic mass is 16.5. The van der Waals surface area contributed by atoms with Crippen LogP contribution in [0, 0.1) is 17.8 Å². The number of hydrazine groups is 1. The van der Waals surface area contributed by atoms with Crippen LogP contribution in [0.15, 0.2) is 54.6 Å². The first-order chi connectivity index (χ1) is 29.9. The maximum Gasteiger partial charge on any atom is 0.315 e. The Bertz CT molecular complexity index is 1630. The van der Waals surface area contributed by atoms with E-state index in [0.29, 0.717) is 77.1 Å². The Hall–Kier alpha value is -4.40. The molecule has 0 spiro atoms. The molecule has 0 bridgehead atoms. The molecule has 2 fully saturated rings. The van der Waals surface area contributed by atoms with Gasteiger partial charge in [-0.05, 0) is 35.1 Å². The van der Waals surface area contributed by atoms with Gasteiger partial charge in [0.1, 0.15) is 18.4 Å². The van der Waals surface area contributed by atoms with Gasteiger partial charge >= 0.3 is 12.1 Å². The zero-order chi connectivity index (χ0) is 44.9. The second-order valence-corrected chi connectivity index (χ2v) is 16.4. The van der Waals surface area contributed by atoms with Crippen LogP contribution in [0.4, 0.5) is 9.59 Å². The van der Waals surface area contributed by atoms with Crippen molar-refractivity contribution in [3.63, 3.8) is 0 Å². The zero-order valence-electron chi connectivity index (χ0n) is 37.2. The number of ether oxygens (including phenoxy) is 4. The minimum Gasteiger partial charge on any atom is -0.491 e. The summed E-state index contributed by atoms with van der Waals surface area (Å²) in [6.45, 7) is 15.7. The lowest BCUT2D eigenvalue weighted by Crippen LogP contribution is -2.59. The fourth-order valence-corrected chi connectivity index (χ4v) is 7.36. The molecule has 5 atom stereocenters. The molecular weight excluding hydrogens is 799 g/mol. The fraction of sp³-hybridized carbons (Fsp3) is 0.636. The molecule has 5 amide bonds. The molecule has 18 nitrogen and oxygen atoms in total. The van der Waals surface area contributed by atoms with E-state index in [0.717, 1.165) is 31.7 Å². The molecule has 2 heterocycles. The van der Waals surface area contributed by atoms with E-state index in [-0.39, 0.29) is 24.9 Å². The zero-order valence-corrected chi connectivity index (χ0v) is 37.2. The predicted octanol–water partition coefficient (Wildman–Crippen LogP) is 1.10. The van der Waals surface area contributed by atoms with Gasteiger partial charge in [0, 0.05) is 78.6 Å². The first-order valence-corrected chi connectivity index (χ1v) is 21.8. The van der Waals surface area contributed by atoms with Crippen molar-refractivity contribution in [2.75, 3.05) is 106 Å². The Morgan fingerprint density at radius 3 is 1.82 bits per heavy atom. The average Bonchev–Trinajstić information content (AvgIpc) is 3.26. The van der Waals surface area contributed by atoms with Gasteiger partial charge in [-0.3, -0.25) is 24.8 Å². The van der Waals surface area contributed by atoms with Crippen molar-refractivity contribution in [2.45, 2.75) is 58.5 Å². The van der Waals surface area contributed by atoms with Gasteiger partial charge in [-0.25, -0.2) is 14.6 Å². The van der Waals surface area contributed by atoms with Gasteiger partial charge in [-0.1, -0.05) is 70.2 Å². The fourth-order valence-electron chi connectivity index (χ4n) is 7.36. The minimum atomic E-state index is -1.43. The number of methoxy groups -OCH3 is 1. The normalized spacial score (nSPS) is 17.5. The van der Waals surface area contributed by atoms with Crippen molar-refractivity contribution in [2.24, 2.45) is 23.5 Å². The standard InChI is InChI=1S/C44H71N9O9/c1-31(2)39(48-43(57)46-15-17-51-19-23-60-24-20-51)41(55)37(38(45)34-9-7-6-8-10-34)36(54)30-53(29-33-11-13-35(14-12-33)62-28-27-59-5)50-42(56)40(32(3)4)49-44(58)47-16-18-52-21-25-61-26-22-52/h6-14,31-32,36-40,54H,15-30,45H2,1-5H3,(H,50,56)(H2,46,48,57)(H2,47,49,58)/t36?,37?,38?,39-,40-/m0/s1. The van der Waals surface area contributed by atoms with E-state index in [1.807, 2.05) is 45.9 Å². The molecular formula is C44H71N9O9. The number of hydrogen-bond donors (Lipinski definition) is 7. The molecule has 2 saturated heterocycles. The third kappa shape index (κ3) is 17.0. The Morgan fingerprint density at radius 2 is 1.31 bits per heavy atom. The third-order valence-corrected chi connectivity index (χ3v) is 11.0. The van der Waals surface area contributed by atoms with Crippen LogP contribution in [-0.2, 0) is 30.3 Å². The van der Waals surface area contributed by atoms with Crippen LogP contribution in [0.3, 0.4) is 0 Å². The van der Waals surface area contributed by atoms with Gasteiger partial charge in [0.2, 0.25) is 0 Å². The van der Waals surface area contributed by atoms with Crippen LogP contribution in [0.5, 0.6) is 5.75 Å². The van der Waals surface area contributed by atoms with E-state index in [1.54, 1.807) is 43.5 Å². The third-order valence-electron chi connectivity index (χ3n) is 11.0. The molecule has 2 aliphatic rings. The Morgan fingerprint density at radius 1 is 0.774 bits per heavy atom. The summed E-state index contributed by atoms with van der Waals surface area (Å²) >= 11 is 0. The number of morpholine rings is 2. The average molecular weight is 870 g/mol. The highest BCUT2D eigenvalue weighted by Gasteiger charge is 2.40. The quantitative estimate of drug-likeness (QED) is 0.0550. The molecule has 2 aromatic rings. The van der Waals surface area contributed by atoms with Crippen molar-refractivity contribution in [3.8, 4) is 5.75 Å². The monoisotopic (exact) mass is 870 g/mol. The maximum atomic E-state index is 14.7. The minimum absolute atomic E-state index is 0.108. The Kier molecular flexibility index (Phi) is 21.8. The lowest BCUT2D eigenvalue weighted by Gasteiger charge is -2.35. The van der Waals surface area contributed by atoms with Crippen molar-refractivity contribution in [1.29, 1.82) is 0 Å². The van der Waals surface area contributed by atoms with Gasteiger partial charge in [0.25, 0.3) is 5.91 Å². The summed E-state index contributed by atoms with van der Waals surface area (Å²) in [6.07, 6.45) is -1.43. The van der Waals surface area contributed by atoms with E-state index < -0.39 is 53.9 Å². The number of rotatable bonds is 25. The molecule has 18 heteroatoms. The summed E-state index contributed by atoms with van der Waals surface area (Å²) in [5, 5.41) is 25.1. The van der Waals surface area contributed by atoms with Crippen LogP contribution >= 0.6 is 0 Å². The number of carbonyl (C=O) groups excluding carboxylic acids is 4. The van der Waals surface area contributed by atoms with Crippen LogP contribution < -0.4 is 37.2 Å². The summed E-state index contributed by atoms with van der Waals surface area (Å²) in [6, 6.07) is 12.4. The number of aliphatic hydroxyl groups excluding tert-OH is 1. The first kappa shape index (κ1) is 50.2. The number of nitrogens with one attached hydrogen (secondary N) is 5. The SMILES string of the molecule is COCCOc1ccc(CN(CC(O)C(C(=O)[C@@H](NC(=O)NCCN2CCOCC2)C(C)C)C(N)c2ccccc2)NC(=O)[C@@H](NC(=O)NCCN2CCOCC2)C(C)C)cc1. The molecule has 346 valence electrons. The molecule has 3 unspecified atom stereocenters. The second-order valence-electron chi connectivity index (χ2n) is 16.4. The summed E-state index contributed by atoms with van der Waals surface area (Å²) in [5.74, 6) is -2.22. The van der Waals surface area contributed by atoms with E-state index in [1.165, 1.54) is 5.01 Å². The number of carbonyl (C=O) groups is 4. The Labute approximate surface area is 366 Å². The molecule has 0 aromatic heterocycles. The predicted molar refractivity (Wildman–Crippen MR) is 235 cm³/mol. The number of Topliss-reactive ketones (excluding diaryl/α,β-unsaturated/α-hetero) is 1. The topological polar surface area (TPSA) is 221 Å². The largest absolute Gasteiger partial charge is 0.491 e. The number of nitrogens with two attached hydrogens (primary N) is 1. The molecule has 2 aromatic carbocycles. The van der Waals surface area contributed by atoms with E-state index in [4.69, 9.17) is 24.7 Å². The maximum absolute atomic E-state index is 14.7. The van der Waals surface area contributed by atoms with E-state index in [2.05, 4.69) is 36.5 Å². The number of nitrogens with zero attached hydrogens (tertiary/aromatic N) is 3. The number of aliphatic hydroxyl groups is 1. The van der Waals surface area contributed by atoms with Gasteiger partial charge in [-0.15, -0.1) is 0 Å². The number of benzene rings is 2. The smallest absolute Gasteiger partial charge is 0.315 e. The van der Waals surface area contributed by atoms with E-state index in [9.17, 15) is 24.3 Å². The van der Waals surface area contributed by atoms with Crippen LogP contribution in [0.2, 0.25) is 0 Å². The first-order valence-electron chi connectivity index (χ1n) is 21.8. The van der Waals surface area contributed by atoms with Crippen molar-refractivity contribution in [3.05, 3.63) is 65.7 Å². The van der Waals surface area contributed by atoms with Crippen molar-refractivity contribution < 1.29 is 43.2 Å². The highest BCUT2D eigenvalue weighted by Crippen LogP contribution is 2.27. The number of hydrogen-bond acceptors (Lipinski definition) is 13. The van der Waals surface area contributed by atoms with Gasteiger partial charge in [0.05, 0.1) is 51.1 Å². The van der Waals surface area contributed by atoms with Gasteiger partial charge in [-0.2, -0.15) is 0 Å². The molecule has 2 aliphatic heterocycles. The van der Waals surface area contributed by atoms with Crippen LogP contribution in [0.1, 0.15) is 44.9 Å². The van der Waals surface area contributed by atoms with Crippen LogP contribution in [0.25, 0.3) is 0 Å². The molecule has 0 saturated carbocycles. The lowest BCUT2D eigenvalue weighted by atomic mass is 9.80. The summed E-state index contributed by atoms with van der Waals surface area (Å²) in [7, 11) is 1.60. The molecule has 0 aliphatic carbocycles. The highest BCUT2D eigenvalue weighted by molar-refractivity contribution is 5.91. The van der Waals surface area contributed by atoms with E-state index >= 15 is 0 Å². The summed E-state index contributed by atoms with van der Waals surface area (Å²) in [5.41, 5.74) is 11.2. The van der Waals surface area contributed by atoms with Crippen molar-refractivity contribution in [1.82, 2.24) is 41.5 Å². The molecule has 8 N–H and O–H groups in total. The van der Waals surface area contributed by atoms with Crippen LogP contribution in [-0.4, -0.2) is 168 Å². The van der Waals surface area contributed by atoms with Crippen molar-refractivity contribution >= 4 is 23.8 Å². The Balaban J connectivity index is 1.54. The number of urea groups is 2. The molecule has 0 radical (unpaired) electrons. The lowest BCUT2D eigenvalue weighted by molar-refractivity contribution is -0.133. The second kappa shape index (κ2) is 26.9. The molecule has 4 rings (SSSR count). The van der Waals surface area contributed by atoms with Gasteiger partial charge in [0.15, 0.2) is 5.78 Å². The van der Waals surface area contributed by atoms with Gasteiger partial charge < -0.3 is 51.1 Å².